The van der Waals surface area contributed by atoms with Crippen LogP contribution in [0, 0.1) is 0 Å². The van der Waals surface area contributed by atoms with Crippen molar-refractivity contribution in [2.45, 2.75) is 0 Å². The highest BCUT2D eigenvalue weighted by atomic mass is 79.9. The molecule has 0 aliphatic carbocycles. The summed E-state index contributed by atoms with van der Waals surface area (Å²) in [6.07, 6.45) is 1.75. The van der Waals surface area contributed by atoms with Crippen molar-refractivity contribution in [2.24, 2.45) is 0 Å². The Balaban J connectivity index is 2.32. The van der Waals surface area contributed by atoms with Crippen molar-refractivity contribution in [2.75, 3.05) is 19.5 Å². The van der Waals surface area contributed by atoms with Gasteiger partial charge in [-0.2, -0.15) is 0 Å². The third kappa shape index (κ3) is 2.45. The molecule has 5 heteroatoms. The van der Waals surface area contributed by atoms with E-state index in [0.29, 0.717) is 5.82 Å². The third-order valence-corrected chi connectivity index (χ3v) is 3.90. The molecule has 0 aliphatic rings. The number of anilines is 1. The van der Waals surface area contributed by atoms with E-state index in [4.69, 9.17) is 4.74 Å². The van der Waals surface area contributed by atoms with Gasteiger partial charge in [0.2, 0.25) is 0 Å². The molecule has 3 aromatic rings. The minimum absolute atomic E-state index is 0.635. The zero-order valence-electron chi connectivity index (χ0n) is 11.7. The minimum Gasteiger partial charge on any atom is -0.496 e. The number of methoxy groups -OCH3 is 1. The number of benzene rings is 2. The first-order valence-electron chi connectivity index (χ1n) is 6.51. The first-order valence-corrected chi connectivity index (χ1v) is 7.30. The van der Waals surface area contributed by atoms with E-state index < -0.39 is 0 Å². The Morgan fingerprint density at radius 3 is 2.71 bits per heavy atom. The maximum absolute atomic E-state index is 5.50. The van der Waals surface area contributed by atoms with Crippen LogP contribution < -0.4 is 10.1 Å². The van der Waals surface area contributed by atoms with Crippen molar-refractivity contribution in [1.29, 1.82) is 0 Å². The average molecular weight is 344 g/mol. The predicted octanol–water partition coefficient (Wildman–Crippen LogP) is 4.11. The summed E-state index contributed by atoms with van der Waals surface area (Å²) in [5, 5.41) is 5.25. The molecular weight excluding hydrogens is 330 g/mol. The van der Waals surface area contributed by atoms with Gasteiger partial charge in [0.1, 0.15) is 11.6 Å². The van der Waals surface area contributed by atoms with Crippen molar-refractivity contribution in [1.82, 2.24) is 9.97 Å². The van der Waals surface area contributed by atoms with Crippen LogP contribution in [0.3, 0.4) is 0 Å². The molecule has 0 fully saturated rings. The summed E-state index contributed by atoms with van der Waals surface area (Å²) in [7, 11) is 3.49. The Bertz CT molecular complexity index is 805. The number of rotatable bonds is 3. The average Bonchev–Trinajstić information content (AvgIpc) is 2.54. The zero-order chi connectivity index (χ0) is 14.8. The molecule has 0 spiro atoms. The number of ether oxygens (including phenoxy) is 1. The Kier molecular flexibility index (Phi) is 3.75. The van der Waals surface area contributed by atoms with E-state index in [2.05, 4.69) is 43.3 Å². The normalized spacial score (nSPS) is 10.6. The van der Waals surface area contributed by atoms with E-state index in [1.807, 2.05) is 31.3 Å². The van der Waals surface area contributed by atoms with Gasteiger partial charge in [0, 0.05) is 13.2 Å². The lowest BCUT2D eigenvalue weighted by atomic mass is 10.0. The van der Waals surface area contributed by atoms with Gasteiger partial charge in [-0.15, -0.1) is 0 Å². The van der Waals surface area contributed by atoms with E-state index in [0.717, 1.165) is 32.4 Å². The van der Waals surface area contributed by atoms with Gasteiger partial charge in [0.25, 0.3) is 0 Å². The van der Waals surface area contributed by atoms with Gasteiger partial charge in [-0.1, -0.05) is 30.3 Å². The molecule has 1 heterocycles. The summed E-state index contributed by atoms with van der Waals surface area (Å²) < 4.78 is 6.33. The van der Waals surface area contributed by atoms with Crippen LogP contribution in [-0.4, -0.2) is 24.1 Å². The fourth-order valence-electron chi connectivity index (χ4n) is 2.32. The second-order valence-corrected chi connectivity index (χ2v) is 5.36. The van der Waals surface area contributed by atoms with Crippen LogP contribution in [0.1, 0.15) is 0 Å². The Morgan fingerprint density at radius 1 is 1.14 bits per heavy atom. The number of fused-ring (bicyclic) bond motifs is 1. The van der Waals surface area contributed by atoms with Gasteiger partial charge < -0.3 is 10.1 Å². The topological polar surface area (TPSA) is 47.0 Å². The lowest BCUT2D eigenvalue weighted by Gasteiger charge is -2.12. The van der Waals surface area contributed by atoms with Crippen molar-refractivity contribution < 1.29 is 4.74 Å². The lowest BCUT2D eigenvalue weighted by molar-refractivity contribution is 0.416. The molecule has 106 valence electrons. The molecule has 0 saturated heterocycles. The first kappa shape index (κ1) is 13.8. The van der Waals surface area contributed by atoms with Gasteiger partial charge in [-0.05, 0) is 32.8 Å². The second-order valence-electron chi connectivity index (χ2n) is 4.50. The highest BCUT2D eigenvalue weighted by molar-refractivity contribution is 9.10. The molecule has 0 saturated carbocycles. The molecule has 0 radical (unpaired) electrons. The van der Waals surface area contributed by atoms with Gasteiger partial charge in [-0.25, -0.2) is 9.97 Å². The largest absolute Gasteiger partial charge is 0.496 e. The Hall–Kier alpha value is -2.14. The van der Waals surface area contributed by atoms with E-state index in [-0.39, 0.29) is 0 Å². The number of hydrogen-bond acceptors (Lipinski definition) is 4. The fraction of sp³-hybridized carbons (Fsp3) is 0.125. The molecular formula is C16H14BrN3O. The number of hydrogen-bond donors (Lipinski definition) is 1. The Morgan fingerprint density at radius 2 is 1.95 bits per heavy atom. The van der Waals surface area contributed by atoms with Crippen LogP contribution >= 0.6 is 15.9 Å². The maximum atomic E-state index is 5.50. The molecule has 1 aromatic heterocycles. The van der Waals surface area contributed by atoms with Crippen LogP contribution in [0.2, 0.25) is 0 Å². The summed E-state index contributed by atoms with van der Waals surface area (Å²) in [5.74, 6) is 2.14. The third-order valence-electron chi connectivity index (χ3n) is 3.32. The quantitative estimate of drug-likeness (QED) is 0.777. The molecule has 3 rings (SSSR count). The molecule has 0 bridgehead atoms. The standard InChI is InChI=1S/C16H14BrN3O/c1-18-15-12(17)9-19-16(20-15)14-11-6-4-3-5-10(11)7-8-13(14)21-2/h3-9H,1-2H3,(H,18,19,20). The molecule has 0 atom stereocenters. The van der Waals surface area contributed by atoms with E-state index in [9.17, 15) is 0 Å². The number of halogens is 1. The molecule has 21 heavy (non-hydrogen) atoms. The second kappa shape index (κ2) is 5.69. The van der Waals surface area contributed by atoms with Crippen molar-refractivity contribution in [3.8, 4) is 17.1 Å². The zero-order valence-corrected chi connectivity index (χ0v) is 13.3. The van der Waals surface area contributed by atoms with Crippen LogP contribution in [0.25, 0.3) is 22.2 Å². The monoisotopic (exact) mass is 343 g/mol. The molecule has 0 amide bonds. The smallest absolute Gasteiger partial charge is 0.165 e. The van der Waals surface area contributed by atoms with Gasteiger partial charge in [0.05, 0.1) is 17.1 Å². The van der Waals surface area contributed by atoms with Crippen molar-refractivity contribution in [3.63, 3.8) is 0 Å². The van der Waals surface area contributed by atoms with Gasteiger partial charge in [0.15, 0.2) is 5.82 Å². The Labute approximate surface area is 131 Å². The molecule has 0 aliphatic heterocycles. The van der Waals surface area contributed by atoms with Crippen LogP contribution in [-0.2, 0) is 0 Å². The van der Waals surface area contributed by atoms with E-state index in [1.54, 1.807) is 13.3 Å². The van der Waals surface area contributed by atoms with Crippen molar-refractivity contribution in [3.05, 3.63) is 47.1 Å². The van der Waals surface area contributed by atoms with Crippen LogP contribution in [0.5, 0.6) is 5.75 Å². The van der Waals surface area contributed by atoms with Gasteiger partial charge >= 0.3 is 0 Å². The predicted molar refractivity (Wildman–Crippen MR) is 88.8 cm³/mol. The molecule has 1 N–H and O–H groups in total. The summed E-state index contributed by atoms with van der Waals surface area (Å²) in [5.41, 5.74) is 0.902. The highest BCUT2D eigenvalue weighted by Gasteiger charge is 2.14. The SMILES string of the molecule is CNc1nc(-c2c(OC)ccc3ccccc23)ncc1Br. The molecule has 2 aromatic carbocycles. The van der Waals surface area contributed by atoms with Crippen molar-refractivity contribution >= 4 is 32.5 Å². The highest BCUT2D eigenvalue weighted by Crippen LogP contribution is 2.36. The van der Waals surface area contributed by atoms with Gasteiger partial charge in [-0.3, -0.25) is 0 Å². The van der Waals surface area contributed by atoms with Crippen LogP contribution in [0.4, 0.5) is 5.82 Å². The molecule has 0 unspecified atom stereocenters. The maximum Gasteiger partial charge on any atom is 0.165 e. The number of aromatic nitrogens is 2. The van der Waals surface area contributed by atoms with E-state index in [1.165, 1.54) is 0 Å². The summed E-state index contributed by atoms with van der Waals surface area (Å²) in [6.45, 7) is 0. The minimum atomic E-state index is 0.635. The number of nitrogens with zero attached hydrogens (tertiary/aromatic N) is 2. The summed E-state index contributed by atoms with van der Waals surface area (Å²) in [6, 6.07) is 12.1. The lowest BCUT2D eigenvalue weighted by Crippen LogP contribution is -1.99. The number of nitrogens with one attached hydrogen (secondary N) is 1. The molecule has 4 nitrogen and oxygen atoms in total. The summed E-state index contributed by atoms with van der Waals surface area (Å²) in [4.78, 5) is 9.01. The van der Waals surface area contributed by atoms with E-state index >= 15 is 0 Å². The van der Waals surface area contributed by atoms with Crippen LogP contribution in [0.15, 0.2) is 47.1 Å². The first-order chi connectivity index (χ1) is 10.2. The summed E-state index contributed by atoms with van der Waals surface area (Å²) >= 11 is 3.43. The fourth-order valence-corrected chi connectivity index (χ4v) is 2.70.